The zero-order valence-electron chi connectivity index (χ0n) is 16.7. The lowest BCUT2D eigenvalue weighted by molar-refractivity contribution is -0.167. The third-order valence-electron chi connectivity index (χ3n) is 5.98. The van der Waals surface area contributed by atoms with Crippen LogP contribution >= 0.6 is 0 Å². The largest absolute Gasteiger partial charge is 0.412 e. The number of fused-ring (bicyclic) bond motifs is 1. The molecular weight excluding hydrogens is 340 g/mol. The second-order valence-electron chi connectivity index (χ2n) is 10.3. The standard InChI is InChI=1S/C18H36O4SSi/c1-16(2)12-14-17(3,15(13-16)21-23(5,19)20)10-9-11-18(14,4)22-24(6,7)8/h14-15H,9-13H2,1-8H3/t14-,15+,17+,18-/m0/s1. The minimum atomic E-state index is -3.47. The molecule has 0 aromatic carbocycles. The molecule has 2 fully saturated rings. The molecule has 0 unspecified atom stereocenters. The van der Waals surface area contributed by atoms with Crippen LogP contribution in [0.4, 0.5) is 0 Å². The summed E-state index contributed by atoms with van der Waals surface area (Å²) in [5.41, 5.74) is -0.277. The van der Waals surface area contributed by atoms with E-state index >= 15 is 0 Å². The average Bonchev–Trinajstić information content (AvgIpc) is 2.28. The van der Waals surface area contributed by atoms with Crippen molar-refractivity contribution in [2.24, 2.45) is 16.7 Å². The molecule has 6 heteroatoms. The Bertz CT molecular complexity index is 580. The predicted octanol–water partition coefficient (Wildman–Crippen LogP) is 4.57. The van der Waals surface area contributed by atoms with Crippen LogP contribution < -0.4 is 0 Å². The van der Waals surface area contributed by atoms with Gasteiger partial charge in [0.1, 0.15) is 0 Å². The Morgan fingerprint density at radius 3 is 2.08 bits per heavy atom. The molecule has 24 heavy (non-hydrogen) atoms. The van der Waals surface area contributed by atoms with Gasteiger partial charge in [-0.25, -0.2) is 0 Å². The summed E-state index contributed by atoms with van der Waals surface area (Å²) in [7, 11) is -5.17. The van der Waals surface area contributed by atoms with Crippen LogP contribution in [-0.2, 0) is 18.7 Å². The Morgan fingerprint density at radius 2 is 1.58 bits per heavy atom. The molecule has 0 saturated heterocycles. The zero-order chi connectivity index (χ0) is 18.6. The first-order valence-corrected chi connectivity index (χ1v) is 14.4. The first-order chi connectivity index (χ1) is 10.6. The number of hydrogen-bond donors (Lipinski definition) is 0. The Hall–Kier alpha value is 0.0869. The van der Waals surface area contributed by atoms with Crippen LogP contribution in [0.15, 0.2) is 0 Å². The van der Waals surface area contributed by atoms with Crippen molar-refractivity contribution in [2.45, 2.75) is 91.1 Å². The van der Waals surface area contributed by atoms with Crippen molar-refractivity contribution < 1.29 is 17.0 Å². The smallest absolute Gasteiger partial charge is 0.264 e. The molecule has 2 saturated carbocycles. The van der Waals surface area contributed by atoms with E-state index in [1.807, 2.05) is 0 Å². The third kappa shape index (κ3) is 4.43. The van der Waals surface area contributed by atoms with E-state index in [0.717, 1.165) is 32.1 Å². The van der Waals surface area contributed by atoms with Gasteiger partial charge in [-0.3, -0.25) is 4.18 Å². The zero-order valence-corrected chi connectivity index (χ0v) is 18.5. The number of rotatable bonds is 4. The van der Waals surface area contributed by atoms with Gasteiger partial charge in [0.2, 0.25) is 0 Å². The molecule has 0 aromatic rings. The van der Waals surface area contributed by atoms with Crippen molar-refractivity contribution in [2.75, 3.05) is 6.26 Å². The Labute approximate surface area is 149 Å². The molecular formula is C18H36O4SSi. The van der Waals surface area contributed by atoms with Crippen molar-refractivity contribution in [3.8, 4) is 0 Å². The van der Waals surface area contributed by atoms with Crippen molar-refractivity contribution in [3.05, 3.63) is 0 Å². The molecule has 0 spiro atoms. The van der Waals surface area contributed by atoms with E-state index in [4.69, 9.17) is 8.61 Å². The van der Waals surface area contributed by atoms with Crippen LogP contribution in [0, 0.1) is 16.7 Å². The van der Waals surface area contributed by atoms with Gasteiger partial charge in [-0.15, -0.1) is 0 Å². The van der Waals surface area contributed by atoms with Crippen LogP contribution in [0.25, 0.3) is 0 Å². The summed E-state index contributed by atoms with van der Waals surface area (Å²) in [6.45, 7) is 15.7. The molecule has 0 N–H and O–H groups in total. The van der Waals surface area contributed by atoms with Gasteiger partial charge in [0.25, 0.3) is 10.1 Å². The first kappa shape index (κ1) is 20.4. The molecule has 0 aliphatic heterocycles. The van der Waals surface area contributed by atoms with Gasteiger partial charge in [0, 0.05) is 5.41 Å². The van der Waals surface area contributed by atoms with Gasteiger partial charge in [0.15, 0.2) is 8.32 Å². The van der Waals surface area contributed by atoms with Gasteiger partial charge in [0.05, 0.1) is 18.0 Å². The molecule has 0 aromatic heterocycles. The summed E-state index contributed by atoms with van der Waals surface area (Å²) in [5, 5.41) is 0. The lowest BCUT2D eigenvalue weighted by atomic mass is 9.50. The molecule has 142 valence electrons. The van der Waals surface area contributed by atoms with E-state index < -0.39 is 18.4 Å². The minimum absolute atomic E-state index is 0.0565. The summed E-state index contributed by atoms with van der Waals surface area (Å²) in [6.07, 6.45) is 5.90. The van der Waals surface area contributed by atoms with Crippen LogP contribution in [0.5, 0.6) is 0 Å². The highest BCUT2D eigenvalue weighted by Gasteiger charge is 2.59. The van der Waals surface area contributed by atoms with Crippen molar-refractivity contribution in [1.29, 1.82) is 0 Å². The van der Waals surface area contributed by atoms with Gasteiger partial charge < -0.3 is 4.43 Å². The quantitative estimate of drug-likeness (QED) is 0.533. The van der Waals surface area contributed by atoms with E-state index in [1.165, 1.54) is 6.26 Å². The molecule has 0 radical (unpaired) electrons. The van der Waals surface area contributed by atoms with E-state index in [0.29, 0.717) is 5.92 Å². The molecule has 2 aliphatic carbocycles. The molecule has 4 nitrogen and oxygen atoms in total. The highest BCUT2D eigenvalue weighted by atomic mass is 32.2. The summed E-state index contributed by atoms with van der Waals surface area (Å²) in [6, 6.07) is 0. The fourth-order valence-electron chi connectivity index (χ4n) is 5.25. The van der Waals surface area contributed by atoms with E-state index in [1.54, 1.807) is 0 Å². The minimum Gasteiger partial charge on any atom is -0.412 e. The van der Waals surface area contributed by atoms with Crippen molar-refractivity contribution in [3.63, 3.8) is 0 Å². The molecule has 0 amide bonds. The fourth-order valence-corrected chi connectivity index (χ4v) is 7.60. The molecule has 0 bridgehead atoms. The second-order valence-corrected chi connectivity index (χ2v) is 16.3. The third-order valence-corrected chi connectivity index (χ3v) is 7.64. The second kappa shape index (κ2) is 6.07. The van der Waals surface area contributed by atoms with Gasteiger partial charge >= 0.3 is 0 Å². The lowest BCUT2D eigenvalue weighted by Crippen LogP contribution is -2.61. The molecule has 2 rings (SSSR count). The van der Waals surface area contributed by atoms with E-state index in [2.05, 4.69) is 47.3 Å². The topological polar surface area (TPSA) is 52.6 Å². The SMILES string of the molecule is CC1(C)C[C@@H](OS(C)(=O)=O)[C@]2(C)CCC[C@](C)(O[Si](C)(C)C)[C@H]2C1. The maximum atomic E-state index is 11.9. The highest BCUT2D eigenvalue weighted by molar-refractivity contribution is 7.86. The van der Waals surface area contributed by atoms with E-state index in [9.17, 15) is 8.42 Å². The number of hydrogen-bond acceptors (Lipinski definition) is 4. The Morgan fingerprint density at radius 1 is 1.00 bits per heavy atom. The fraction of sp³-hybridized carbons (Fsp3) is 1.00. The Kier molecular flexibility index (Phi) is 5.16. The van der Waals surface area contributed by atoms with Crippen LogP contribution in [0.1, 0.15) is 59.8 Å². The van der Waals surface area contributed by atoms with E-state index in [-0.39, 0.29) is 22.5 Å². The summed E-state index contributed by atoms with van der Waals surface area (Å²) >= 11 is 0. The summed E-state index contributed by atoms with van der Waals surface area (Å²) in [5.74, 6) is 0.320. The van der Waals surface area contributed by atoms with Gasteiger partial charge in [-0.2, -0.15) is 8.42 Å². The monoisotopic (exact) mass is 376 g/mol. The van der Waals surface area contributed by atoms with Gasteiger partial charge in [-0.05, 0) is 70.0 Å². The maximum Gasteiger partial charge on any atom is 0.264 e. The van der Waals surface area contributed by atoms with Crippen LogP contribution in [-0.4, -0.2) is 34.7 Å². The van der Waals surface area contributed by atoms with Crippen molar-refractivity contribution in [1.82, 2.24) is 0 Å². The maximum absolute atomic E-state index is 11.9. The summed E-state index contributed by atoms with van der Waals surface area (Å²) in [4.78, 5) is 0. The predicted molar refractivity (Wildman–Crippen MR) is 101 cm³/mol. The Balaban J connectivity index is 2.44. The molecule has 4 atom stereocenters. The average molecular weight is 377 g/mol. The molecule has 0 heterocycles. The summed E-state index contributed by atoms with van der Waals surface area (Å²) < 4.78 is 36.1. The first-order valence-electron chi connectivity index (χ1n) is 9.15. The van der Waals surface area contributed by atoms with Gasteiger partial charge in [-0.1, -0.05) is 20.8 Å². The lowest BCUT2D eigenvalue weighted by Gasteiger charge is -2.61. The van der Waals surface area contributed by atoms with Crippen LogP contribution in [0.3, 0.4) is 0 Å². The van der Waals surface area contributed by atoms with Crippen molar-refractivity contribution >= 4 is 18.4 Å². The normalized spacial score (nSPS) is 40.2. The van der Waals surface area contributed by atoms with Crippen LogP contribution in [0.2, 0.25) is 19.6 Å². The highest BCUT2D eigenvalue weighted by Crippen LogP contribution is 2.60. The molecule has 2 aliphatic rings.